The summed E-state index contributed by atoms with van der Waals surface area (Å²) in [5.41, 5.74) is 0.626. The number of hydrogen-bond acceptors (Lipinski definition) is 4. The number of pyridine rings is 1. The first-order valence-electron chi connectivity index (χ1n) is 8.27. The quantitative estimate of drug-likeness (QED) is 0.876. The van der Waals surface area contributed by atoms with E-state index in [1.54, 1.807) is 11.0 Å². The van der Waals surface area contributed by atoms with E-state index in [9.17, 15) is 15.0 Å². The van der Waals surface area contributed by atoms with E-state index in [4.69, 9.17) is 11.6 Å². The number of piperidine rings is 1. The topological polar surface area (TPSA) is 73.7 Å². The summed E-state index contributed by atoms with van der Waals surface area (Å²) >= 11 is 6.09. The molecule has 0 bridgehead atoms. The van der Waals surface area contributed by atoms with Crippen LogP contribution in [-0.4, -0.2) is 51.8 Å². The Labute approximate surface area is 151 Å². The van der Waals surface area contributed by atoms with Crippen LogP contribution in [0, 0.1) is 5.41 Å². The molecule has 2 N–H and O–H groups in total. The van der Waals surface area contributed by atoms with Crippen molar-refractivity contribution in [3.8, 4) is 0 Å². The zero-order chi connectivity index (χ0) is 17.9. The highest BCUT2D eigenvalue weighted by atomic mass is 35.5. The molecule has 1 fully saturated rings. The molecule has 6 heteroatoms. The molecular formula is C19H21ClN2O3. The van der Waals surface area contributed by atoms with Gasteiger partial charge in [0, 0.05) is 30.9 Å². The van der Waals surface area contributed by atoms with Crippen molar-refractivity contribution >= 4 is 17.5 Å². The summed E-state index contributed by atoms with van der Waals surface area (Å²) in [5.74, 6) is -0.204. The van der Waals surface area contributed by atoms with E-state index >= 15 is 0 Å². The molecule has 2 aromatic rings. The van der Waals surface area contributed by atoms with Crippen molar-refractivity contribution in [1.29, 1.82) is 0 Å². The van der Waals surface area contributed by atoms with Crippen LogP contribution in [0.2, 0.25) is 5.02 Å². The van der Waals surface area contributed by atoms with Gasteiger partial charge in [0.05, 0.1) is 23.3 Å². The molecule has 1 saturated heterocycles. The van der Waals surface area contributed by atoms with Gasteiger partial charge in [0.2, 0.25) is 0 Å². The molecule has 1 aromatic heterocycles. The van der Waals surface area contributed by atoms with E-state index in [0.29, 0.717) is 30.0 Å². The minimum absolute atomic E-state index is 0.198. The van der Waals surface area contributed by atoms with Crippen molar-refractivity contribution in [3.05, 3.63) is 64.9 Å². The summed E-state index contributed by atoms with van der Waals surface area (Å²) in [4.78, 5) is 18.4. The molecule has 2 atom stereocenters. The Bertz CT molecular complexity index is 740. The standard InChI is InChI=1S/C19H21ClN2O3/c20-16-11-21-8-6-15(16)18(25)22-9-7-17(24)19(12-22,13-23)10-14-4-2-1-3-5-14/h1-6,8,11,17,23-24H,7,9-10,12-13H2/t17-,19+/m1/s1. The van der Waals surface area contributed by atoms with Gasteiger partial charge in [0.1, 0.15) is 0 Å². The molecule has 1 aliphatic rings. The van der Waals surface area contributed by atoms with Crippen molar-refractivity contribution < 1.29 is 15.0 Å². The second-order valence-electron chi connectivity index (χ2n) is 6.57. The maximum Gasteiger partial charge on any atom is 0.255 e. The van der Waals surface area contributed by atoms with Crippen LogP contribution in [0.4, 0.5) is 0 Å². The zero-order valence-electron chi connectivity index (χ0n) is 13.8. The van der Waals surface area contributed by atoms with E-state index in [1.807, 2.05) is 30.3 Å². The number of rotatable bonds is 4. The molecular weight excluding hydrogens is 340 g/mol. The van der Waals surface area contributed by atoms with Gasteiger partial charge in [0.25, 0.3) is 5.91 Å². The number of hydrogen-bond donors (Lipinski definition) is 2. The molecule has 0 spiro atoms. The van der Waals surface area contributed by atoms with Gasteiger partial charge in [-0.25, -0.2) is 0 Å². The minimum atomic E-state index is -0.783. The monoisotopic (exact) mass is 360 g/mol. The Hall–Kier alpha value is -1.95. The van der Waals surface area contributed by atoms with Crippen LogP contribution in [0.25, 0.3) is 0 Å². The van der Waals surface area contributed by atoms with Crippen LogP contribution >= 0.6 is 11.6 Å². The van der Waals surface area contributed by atoms with Crippen LogP contribution in [0.5, 0.6) is 0 Å². The Balaban J connectivity index is 1.85. The molecule has 2 heterocycles. The largest absolute Gasteiger partial charge is 0.396 e. The molecule has 1 amide bonds. The van der Waals surface area contributed by atoms with Crippen LogP contribution in [0.1, 0.15) is 22.3 Å². The Kier molecular flexibility index (Phi) is 5.37. The first-order valence-corrected chi connectivity index (χ1v) is 8.65. The molecule has 0 unspecified atom stereocenters. The highest BCUT2D eigenvalue weighted by Gasteiger charge is 2.44. The van der Waals surface area contributed by atoms with Crippen molar-refractivity contribution in [1.82, 2.24) is 9.88 Å². The van der Waals surface area contributed by atoms with Crippen molar-refractivity contribution in [2.75, 3.05) is 19.7 Å². The Morgan fingerprint density at radius 1 is 1.32 bits per heavy atom. The number of benzene rings is 1. The van der Waals surface area contributed by atoms with Crippen LogP contribution < -0.4 is 0 Å². The lowest BCUT2D eigenvalue weighted by Gasteiger charge is -2.45. The van der Waals surface area contributed by atoms with Gasteiger partial charge in [0.15, 0.2) is 0 Å². The molecule has 25 heavy (non-hydrogen) atoms. The summed E-state index contributed by atoms with van der Waals surface area (Å²) in [6.45, 7) is 0.503. The average molecular weight is 361 g/mol. The Morgan fingerprint density at radius 2 is 2.08 bits per heavy atom. The van der Waals surface area contributed by atoms with Crippen LogP contribution in [0.3, 0.4) is 0 Å². The number of carbonyl (C=O) groups is 1. The molecule has 132 valence electrons. The zero-order valence-corrected chi connectivity index (χ0v) is 14.6. The average Bonchev–Trinajstić information content (AvgIpc) is 2.64. The van der Waals surface area contributed by atoms with Gasteiger partial charge >= 0.3 is 0 Å². The molecule has 0 aliphatic carbocycles. The molecule has 0 saturated carbocycles. The molecule has 1 aromatic carbocycles. The van der Waals surface area contributed by atoms with E-state index in [2.05, 4.69) is 4.98 Å². The number of halogens is 1. The third kappa shape index (κ3) is 3.68. The number of carbonyl (C=O) groups excluding carboxylic acids is 1. The van der Waals surface area contributed by atoms with Gasteiger partial charge in [-0.1, -0.05) is 41.9 Å². The van der Waals surface area contributed by atoms with Gasteiger partial charge in [-0.05, 0) is 24.5 Å². The number of likely N-dealkylation sites (tertiary alicyclic amines) is 1. The fourth-order valence-corrected chi connectivity index (χ4v) is 3.63. The first kappa shape index (κ1) is 17.9. The van der Waals surface area contributed by atoms with Crippen molar-refractivity contribution in [2.24, 2.45) is 5.41 Å². The molecule has 3 rings (SSSR count). The highest BCUT2D eigenvalue weighted by Crippen LogP contribution is 2.35. The molecule has 0 radical (unpaired) electrons. The lowest BCUT2D eigenvalue weighted by atomic mass is 9.73. The predicted molar refractivity (Wildman–Crippen MR) is 95.4 cm³/mol. The maximum atomic E-state index is 12.8. The summed E-state index contributed by atoms with van der Waals surface area (Å²) in [5, 5.41) is 20.9. The van der Waals surface area contributed by atoms with Gasteiger partial charge in [-0.3, -0.25) is 9.78 Å². The third-order valence-electron chi connectivity index (χ3n) is 4.89. The lowest BCUT2D eigenvalue weighted by Crippen LogP contribution is -2.56. The highest BCUT2D eigenvalue weighted by molar-refractivity contribution is 6.33. The summed E-state index contributed by atoms with van der Waals surface area (Å²) in [7, 11) is 0. The van der Waals surface area contributed by atoms with Crippen molar-refractivity contribution in [3.63, 3.8) is 0 Å². The lowest BCUT2D eigenvalue weighted by molar-refractivity contribution is -0.0668. The summed E-state index contributed by atoms with van der Waals surface area (Å²) in [6.07, 6.45) is 3.22. The van der Waals surface area contributed by atoms with E-state index in [1.165, 1.54) is 12.4 Å². The van der Waals surface area contributed by atoms with E-state index < -0.39 is 11.5 Å². The number of amides is 1. The SMILES string of the molecule is O=C(c1ccncc1Cl)N1CC[C@@H](O)[C@@](CO)(Cc2ccccc2)C1. The summed E-state index contributed by atoms with van der Waals surface area (Å²) < 4.78 is 0. The van der Waals surface area contributed by atoms with Gasteiger partial charge in [-0.15, -0.1) is 0 Å². The third-order valence-corrected chi connectivity index (χ3v) is 5.19. The second kappa shape index (κ2) is 7.52. The first-order chi connectivity index (χ1) is 12.1. The van der Waals surface area contributed by atoms with E-state index in [-0.39, 0.29) is 19.1 Å². The maximum absolute atomic E-state index is 12.8. The number of aliphatic hydroxyl groups is 2. The predicted octanol–water partition coefficient (Wildman–Crippen LogP) is 2.16. The fraction of sp³-hybridized carbons (Fsp3) is 0.368. The number of aromatic nitrogens is 1. The number of aliphatic hydroxyl groups excluding tert-OH is 2. The molecule has 1 aliphatic heterocycles. The summed E-state index contributed by atoms with van der Waals surface area (Å²) in [6, 6.07) is 11.3. The van der Waals surface area contributed by atoms with Gasteiger partial charge < -0.3 is 15.1 Å². The normalized spacial score (nSPS) is 23.5. The van der Waals surface area contributed by atoms with E-state index in [0.717, 1.165) is 5.56 Å². The van der Waals surface area contributed by atoms with Crippen molar-refractivity contribution in [2.45, 2.75) is 18.9 Å². The molecule has 5 nitrogen and oxygen atoms in total. The van der Waals surface area contributed by atoms with Crippen LogP contribution in [0.15, 0.2) is 48.8 Å². The Morgan fingerprint density at radius 3 is 2.76 bits per heavy atom. The second-order valence-corrected chi connectivity index (χ2v) is 6.98. The van der Waals surface area contributed by atoms with Crippen LogP contribution in [-0.2, 0) is 6.42 Å². The van der Waals surface area contributed by atoms with Gasteiger partial charge in [-0.2, -0.15) is 0 Å². The fourth-order valence-electron chi connectivity index (χ4n) is 3.43. The minimum Gasteiger partial charge on any atom is -0.396 e. The smallest absolute Gasteiger partial charge is 0.255 e. The number of nitrogens with zero attached hydrogens (tertiary/aromatic N) is 2.